The van der Waals surface area contributed by atoms with Crippen LogP contribution in [0, 0.1) is 6.92 Å². The Balaban J connectivity index is 2.29. The van der Waals surface area contributed by atoms with Gasteiger partial charge in [-0.1, -0.05) is 35.8 Å². The van der Waals surface area contributed by atoms with Crippen LogP contribution < -0.4 is 4.74 Å². The van der Waals surface area contributed by atoms with Crippen molar-refractivity contribution in [2.75, 3.05) is 0 Å². The Kier molecular flexibility index (Phi) is 3.97. The zero-order chi connectivity index (χ0) is 13.1. The lowest BCUT2D eigenvalue weighted by Crippen LogP contribution is -2.00. The fraction of sp³-hybridized carbons (Fsp3) is 0.286. The number of rotatable bonds is 3. The zero-order valence-electron chi connectivity index (χ0n) is 10.6. The third kappa shape index (κ3) is 3.29. The van der Waals surface area contributed by atoms with Gasteiger partial charge < -0.3 is 4.74 Å². The number of hydrogen-bond acceptors (Lipinski definition) is 3. The van der Waals surface area contributed by atoms with E-state index in [2.05, 4.69) is 39.7 Å². The average Bonchev–Trinajstić information content (AvgIpc) is 2.28. The summed E-state index contributed by atoms with van der Waals surface area (Å²) in [4.78, 5) is 8.70. The molecule has 0 fully saturated rings. The molecule has 1 aromatic carbocycles. The van der Waals surface area contributed by atoms with Crippen molar-refractivity contribution < 1.29 is 4.74 Å². The van der Waals surface area contributed by atoms with Gasteiger partial charge in [-0.15, -0.1) is 0 Å². The van der Waals surface area contributed by atoms with Crippen molar-refractivity contribution in [1.82, 2.24) is 9.97 Å². The average molecular weight is 307 g/mol. The number of hydrogen-bond donors (Lipinski definition) is 0. The van der Waals surface area contributed by atoms with Crippen LogP contribution in [0.1, 0.15) is 31.2 Å². The molecular weight excluding hydrogens is 292 g/mol. The Morgan fingerprint density at radius 3 is 2.61 bits per heavy atom. The zero-order valence-corrected chi connectivity index (χ0v) is 12.2. The molecule has 3 nitrogen and oxygen atoms in total. The Hall–Kier alpha value is -1.42. The predicted octanol–water partition coefficient (Wildman–Crippen LogP) is 4.46. The van der Waals surface area contributed by atoms with Crippen LogP contribution in [0.25, 0.3) is 0 Å². The highest BCUT2D eigenvalue weighted by Crippen LogP contribution is 2.23. The van der Waals surface area contributed by atoms with Gasteiger partial charge in [0, 0.05) is 10.2 Å². The molecule has 0 aliphatic carbocycles. The summed E-state index contributed by atoms with van der Waals surface area (Å²) in [5, 5.41) is 0. The second kappa shape index (κ2) is 5.48. The van der Waals surface area contributed by atoms with Crippen molar-refractivity contribution in [2.24, 2.45) is 0 Å². The number of halogens is 1. The van der Waals surface area contributed by atoms with Crippen molar-refractivity contribution >= 4 is 15.9 Å². The highest BCUT2D eigenvalue weighted by atomic mass is 79.9. The van der Waals surface area contributed by atoms with Crippen LogP contribution in [0.4, 0.5) is 0 Å². The third-order valence-electron chi connectivity index (χ3n) is 2.45. The van der Waals surface area contributed by atoms with Gasteiger partial charge in [0.15, 0.2) is 0 Å². The summed E-state index contributed by atoms with van der Waals surface area (Å²) in [6.45, 7) is 6.15. The van der Waals surface area contributed by atoms with Crippen molar-refractivity contribution in [1.29, 1.82) is 0 Å². The van der Waals surface area contributed by atoms with E-state index >= 15 is 0 Å². The van der Waals surface area contributed by atoms with Crippen LogP contribution in [-0.4, -0.2) is 9.97 Å². The van der Waals surface area contributed by atoms with Crippen molar-refractivity contribution in [3.8, 4) is 11.8 Å². The van der Waals surface area contributed by atoms with E-state index in [0.717, 1.165) is 21.6 Å². The number of ether oxygens (including phenoxy) is 1. The van der Waals surface area contributed by atoms with Crippen LogP contribution in [0.3, 0.4) is 0 Å². The van der Waals surface area contributed by atoms with Gasteiger partial charge in [0.1, 0.15) is 5.75 Å². The van der Waals surface area contributed by atoms with Gasteiger partial charge in [0.05, 0.1) is 5.69 Å². The Labute approximate surface area is 115 Å². The van der Waals surface area contributed by atoms with Gasteiger partial charge in [-0.2, -0.15) is 4.98 Å². The van der Waals surface area contributed by atoms with Crippen LogP contribution in [-0.2, 0) is 0 Å². The molecule has 1 heterocycles. The highest BCUT2D eigenvalue weighted by molar-refractivity contribution is 9.10. The minimum Gasteiger partial charge on any atom is -0.424 e. The van der Waals surface area contributed by atoms with E-state index in [9.17, 15) is 0 Å². The van der Waals surface area contributed by atoms with Crippen LogP contribution in [0.2, 0.25) is 0 Å². The van der Waals surface area contributed by atoms with E-state index in [4.69, 9.17) is 4.74 Å². The second-order valence-electron chi connectivity index (χ2n) is 4.43. The van der Waals surface area contributed by atoms with Gasteiger partial charge >= 0.3 is 6.01 Å². The lowest BCUT2D eigenvalue weighted by atomic mass is 10.1. The summed E-state index contributed by atoms with van der Waals surface area (Å²) < 4.78 is 6.65. The van der Waals surface area contributed by atoms with Crippen molar-refractivity contribution in [3.63, 3.8) is 0 Å². The molecular formula is C14H15BrN2O. The predicted molar refractivity (Wildman–Crippen MR) is 75.1 cm³/mol. The smallest absolute Gasteiger partial charge is 0.322 e. The van der Waals surface area contributed by atoms with Crippen LogP contribution in [0.5, 0.6) is 11.8 Å². The summed E-state index contributed by atoms with van der Waals surface area (Å²) in [5.41, 5.74) is 1.91. The van der Waals surface area contributed by atoms with Gasteiger partial charge in [0.2, 0.25) is 0 Å². The fourth-order valence-electron chi connectivity index (χ4n) is 1.54. The largest absolute Gasteiger partial charge is 0.424 e. The molecule has 4 heteroatoms. The van der Waals surface area contributed by atoms with Gasteiger partial charge in [-0.3, -0.25) is 0 Å². The lowest BCUT2D eigenvalue weighted by molar-refractivity contribution is 0.436. The molecule has 0 saturated carbocycles. The SMILES string of the molecule is Cc1cc(C(C)C)nc(Oc2cccc(Br)c2)n1. The Bertz CT molecular complexity index is 555. The molecule has 0 aliphatic rings. The fourth-order valence-corrected chi connectivity index (χ4v) is 1.92. The van der Waals surface area contributed by atoms with Crippen LogP contribution in [0.15, 0.2) is 34.8 Å². The summed E-state index contributed by atoms with van der Waals surface area (Å²) in [6.07, 6.45) is 0. The third-order valence-corrected chi connectivity index (χ3v) is 2.94. The summed E-state index contributed by atoms with van der Waals surface area (Å²) in [5.74, 6) is 1.08. The van der Waals surface area contributed by atoms with E-state index in [0.29, 0.717) is 11.9 Å². The topological polar surface area (TPSA) is 35.0 Å². The van der Waals surface area contributed by atoms with Crippen molar-refractivity contribution in [2.45, 2.75) is 26.7 Å². The minimum atomic E-state index is 0.358. The van der Waals surface area contributed by atoms with Crippen molar-refractivity contribution in [3.05, 3.63) is 46.2 Å². The summed E-state index contributed by atoms with van der Waals surface area (Å²) in [6, 6.07) is 10.0. The standard InChI is InChI=1S/C14H15BrN2O/c1-9(2)13-7-10(3)16-14(17-13)18-12-6-4-5-11(15)8-12/h4-9H,1-3H3. The normalized spacial score (nSPS) is 10.7. The molecule has 0 unspecified atom stereocenters. The Morgan fingerprint density at radius 2 is 1.94 bits per heavy atom. The molecule has 2 aromatic rings. The molecule has 0 bridgehead atoms. The monoisotopic (exact) mass is 306 g/mol. The first kappa shape index (κ1) is 13.0. The summed E-state index contributed by atoms with van der Waals surface area (Å²) in [7, 11) is 0. The van der Waals surface area contributed by atoms with E-state index < -0.39 is 0 Å². The molecule has 0 N–H and O–H groups in total. The number of aromatic nitrogens is 2. The first-order valence-corrected chi connectivity index (χ1v) is 6.63. The molecule has 2 rings (SSSR count). The number of aryl methyl sites for hydroxylation is 1. The van der Waals surface area contributed by atoms with Gasteiger partial charge in [-0.25, -0.2) is 4.98 Å². The van der Waals surface area contributed by atoms with E-state index in [-0.39, 0.29) is 0 Å². The highest BCUT2D eigenvalue weighted by Gasteiger charge is 2.07. The first-order valence-electron chi connectivity index (χ1n) is 5.83. The molecule has 0 spiro atoms. The molecule has 0 amide bonds. The Morgan fingerprint density at radius 1 is 1.17 bits per heavy atom. The molecule has 0 radical (unpaired) electrons. The van der Waals surface area contributed by atoms with E-state index in [1.165, 1.54) is 0 Å². The molecule has 18 heavy (non-hydrogen) atoms. The maximum Gasteiger partial charge on any atom is 0.322 e. The molecule has 0 atom stereocenters. The number of benzene rings is 1. The quantitative estimate of drug-likeness (QED) is 0.839. The van der Waals surface area contributed by atoms with Gasteiger partial charge in [0.25, 0.3) is 0 Å². The second-order valence-corrected chi connectivity index (χ2v) is 5.35. The number of nitrogens with zero attached hydrogens (tertiary/aromatic N) is 2. The minimum absolute atomic E-state index is 0.358. The molecule has 0 aliphatic heterocycles. The maximum atomic E-state index is 5.68. The van der Waals surface area contributed by atoms with E-state index in [1.54, 1.807) is 0 Å². The molecule has 0 saturated heterocycles. The maximum absolute atomic E-state index is 5.68. The van der Waals surface area contributed by atoms with Crippen LogP contribution >= 0.6 is 15.9 Å². The van der Waals surface area contributed by atoms with Gasteiger partial charge in [-0.05, 0) is 37.1 Å². The lowest BCUT2D eigenvalue weighted by Gasteiger charge is -2.09. The molecule has 94 valence electrons. The summed E-state index contributed by atoms with van der Waals surface area (Å²) >= 11 is 3.41. The van der Waals surface area contributed by atoms with E-state index in [1.807, 2.05) is 37.3 Å². The first-order chi connectivity index (χ1) is 8.54. The molecule has 1 aromatic heterocycles.